The summed E-state index contributed by atoms with van der Waals surface area (Å²) in [6.45, 7) is 1.80. The molecule has 1 aromatic carbocycles. The Bertz CT molecular complexity index is 486. The molecule has 78 valence electrons. The molecule has 0 amide bonds. The smallest absolute Gasteiger partial charge is 0.187 e. The average Bonchev–Trinajstić information content (AvgIpc) is 2.57. The van der Waals surface area contributed by atoms with Gasteiger partial charge in [0, 0.05) is 5.69 Å². The van der Waals surface area contributed by atoms with Crippen molar-refractivity contribution in [3.63, 3.8) is 0 Å². The summed E-state index contributed by atoms with van der Waals surface area (Å²) in [6.07, 6.45) is 0. The molecule has 0 fully saturated rings. The highest BCUT2D eigenvalue weighted by Gasteiger charge is 2.07. The fourth-order valence-corrected chi connectivity index (χ4v) is 1.79. The van der Waals surface area contributed by atoms with Gasteiger partial charge in [-0.3, -0.25) is 0 Å². The molecule has 0 aliphatic rings. The number of nitrogens with zero attached hydrogens (tertiary/aromatic N) is 2. The van der Waals surface area contributed by atoms with Crippen LogP contribution in [0, 0.1) is 12.7 Å². The molecular weight excluding hydrogens is 237 g/mol. The number of rotatable bonds is 2. The summed E-state index contributed by atoms with van der Waals surface area (Å²) in [4.78, 5) is 0. The Morgan fingerprint density at radius 2 is 2.20 bits per heavy atom. The lowest BCUT2D eigenvalue weighted by Crippen LogP contribution is -1.94. The molecule has 2 aromatic rings. The molecular formula is C9H7ClFN3S. The predicted octanol–water partition coefficient (Wildman–Crippen LogP) is 3.38. The summed E-state index contributed by atoms with van der Waals surface area (Å²) >= 11 is 6.80. The lowest BCUT2D eigenvalue weighted by molar-refractivity contribution is 0.627. The van der Waals surface area contributed by atoms with E-state index in [4.69, 9.17) is 11.6 Å². The normalized spacial score (nSPS) is 10.3. The highest BCUT2D eigenvalue weighted by atomic mass is 35.5. The molecule has 1 aromatic heterocycles. The van der Waals surface area contributed by atoms with Crippen LogP contribution < -0.4 is 5.32 Å². The van der Waals surface area contributed by atoms with Gasteiger partial charge in [0.2, 0.25) is 0 Å². The molecule has 0 unspecified atom stereocenters. The van der Waals surface area contributed by atoms with Gasteiger partial charge in [-0.2, -0.15) is 8.75 Å². The van der Waals surface area contributed by atoms with Gasteiger partial charge >= 0.3 is 0 Å². The van der Waals surface area contributed by atoms with Crippen molar-refractivity contribution in [2.24, 2.45) is 0 Å². The average molecular weight is 244 g/mol. The van der Waals surface area contributed by atoms with Crippen molar-refractivity contribution in [3.8, 4) is 0 Å². The van der Waals surface area contributed by atoms with Crippen molar-refractivity contribution in [1.82, 2.24) is 8.75 Å². The van der Waals surface area contributed by atoms with Crippen LogP contribution in [0.25, 0.3) is 0 Å². The van der Waals surface area contributed by atoms with Crippen molar-refractivity contribution in [1.29, 1.82) is 0 Å². The van der Waals surface area contributed by atoms with E-state index in [1.165, 1.54) is 12.1 Å². The van der Waals surface area contributed by atoms with Crippen molar-refractivity contribution in [2.45, 2.75) is 6.92 Å². The topological polar surface area (TPSA) is 37.8 Å². The summed E-state index contributed by atoms with van der Waals surface area (Å²) in [5.41, 5.74) is 1.56. The number of hydrogen-bond donors (Lipinski definition) is 1. The minimum absolute atomic E-state index is 0.263. The zero-order valence-corrected chi connectivity index (χ0v) is 9.36. The molecule has 2 rings (SSSR count). The van der Waals surface area contributed by atoms with E-state index in [0.29, 0.717) is 11.0 Å². The molecule has 0 aliphatic carbocycles. The molecule has 15 heavy (non-hydrogen) atoms. The summed E-state index contributed by atoms with van der Waals surface area (Å²) in [7, 11) is 0. The van der Waals surface area contributed by atoms with Gasteiger partial charge in [0.25, 0.3) is 0 Å². The molecule has 0 aliphatic heterocycles. The molecule has 0 radical (unpaired) electrons. The molecule has 0 saturated heterocycles. The zero-order valence-electron chi connectivity index (χ0n) is 7.79. The molecule has 3 nitrogen and oxygen atoms in total. The number of aromatic nitrogens is 2. The van der Waals surface area contributed by atoms with Gasteiger partial charge < -0.3 is 5.32 Å². The van der Waals surface area contributed by atoms with Crippen molar-refractivity contribution >= 4 is 34.8 Å². The van der Waals surface area contributed by atoms with E-state index in [-0.39, 0.29) is 5.82 Å². The van der Waals surface area contributed by atoms with Crippen molar-refractivity contribution < 1.29 is 4.39 Å². The van der Waals surface area contributed by atoms with Crippen LogP contribution in [-0.4, -0.2) is 8.75 Å². The Labute approximate surface area is 95.2 Å². The quantitative estimate of drug-likeness (QED) is 0.879. The minimum Gasteiger partial charge on any atom is -0.337 e. The van der Waals surface area contributed by atoms with Gasteiger partial charge in [-0.1, -0.05) is 11.6 Å². The number of hydrogen-bond acceptors (Lipinski definition) is 4. The van der Waals surface area contributed by atoms with Crippen LogP contribution in [0.4, 0.5) is 15.9 Å². The second-order valence-electron chi connectivity index (χ2n) is 2.99. The van der Waals surface area contributed by atoms with E-state index in [2.05, 4.69) is 14.1 Å². The maximum Gasteiger partial charge on any atom is 0.187 e. The maximum atomic E-state index is 12.8. The summed E-state index contributed by atoms with van der Waals surface area (Å²) < 4.78 is 20.6. The zero-order chi connectivity index (χ0) is 10.8. The number of aryl methyl sites for hydroxylation is 1. The fraction of sp³-hybridized carbons (Fsp3) is 0.111. The van der Waals surface area contributed by atoms with Gasteiger partial charge in [-0.15, -0.1) is 0 Å². The number of benzene rings is 1. The summed E-state index contributed by atoms with van der Waals surface area (Å²) in [5, 5.41) is 3.31. The second-order valence-corrected chi connectivity index (χ2v) is 3.87. The van der Waals surface area contributed by atoms with E-state index in [1.807, 2.05) is 0 Å². The Morgan fingerprint density at radius 3 is 2.80 bits per heavy atom. The summed E-state index contributed by atoms with van der Waals surface area (Å²) in [6, 6.07) is 4.46. The summed E-state index contributed by atoms with van der Waals surface area (Å²) in [5.74, 6) is 0.233. The van der Waals surface area contributed by atoms with Crippen LogP contribution in [0.3, 0.4) is 0 Å². The second kappa shape index (κ2) is 4.12. The first-order valence-corrected chi connectivity index (χ1v) is 5.29. The standard InChI is InChI=1S/C9H7ClFN3S/c1-5-4-6(11)2-3-7(5)12-9-8(10)13-15-14-9/h2-4H,1H3,(H,12,14). The van der Waals surface area contributed by atoms with E-state index in [9.17, 15) is 4.39 Å². The predicted molar refractivity (Wildman–Crippen MR) is 59.3 cm³/mol. The van der Waals surface area contributed by atoms with Gasteiger partial charge in [-0.05, 0) is 30.7 Å². The SMILES string of the molecule is Cc1cc(F)ccc1Nc1nsnc1Cl. The Kier molecular flexibility index (Phi) is 2.83. The largest absolute Gasteiger partial charge is 0.337 e. The number of halogens is 2. The fourth-order valence-electron chi connectivity index (χ4n) is 1.15. The lowest BCUT2D eigenvalue weighted by atomic mass is 10.2. The minimum atomic E-state index is -0.263. The molecule has 0 bridgehead atoms. The molecule has 0 spiro atoms. The van der Waals surface area contributed by atoms with E-state index in [1.54, 1.807) is 13.0 Å². The monoisotopic (exact) mass is 243 g/mol. The first-order chi connectivity index (χ1) is 7.16. The highest BCUT2D eigenvalue weighted by Crippen LogP contribution is 2.25. The van der Waals surface area contributed by atoms with Gasteiger partial charge in [0.15, 0.2) is 11.0 Å². The Morgan fingerprint density at radius 1 is 1.40 bits per heavy atom. The van der Waals surface area contributed by atoms with Crippen LogP contribution in [0.5, 0.6) is 0 Å². The van der Waals surface area contributed by atoms with Crippen molar-refractivity contribution in [2.75, 3.05) is 5.32 Å². The lowest BCUT2D eigenvalue weighted by Gasteiger charge is -2.06. The first kappa shape index (κ1) is 10.3. The first-order valence-electron chi connectivity index (χ1n) is 4.18. The third kappa shape index (κ3) is 2.24. The number of nitrogens with one attached hydrogen (secondary N) is 1. The third-order valence-electron chi connectivity index (χ3n) is 1.89. The Hall–Kier alpha value is -1.20. The van der Waals surface area contributed by atoms with E-state index in [0.717, 1.165) is 23.0 Å². The maximum absolute atomic E-state index is 12.8. The van der Waals surface area contributed by atoms with Crippen molar-refractivity contribution in [3.05, 3.63) is 34.7 Å². The van der Waals surface area contributed by atoms with Crippen LogP contribution >= 0.6 is 23.3 Å². The molecule has 0 atom stereocenters. The molecule has 1 N–H and O–H groups in total. The molecule has 1 heterocycles. The molecule has 0 saturated carbocycles. The third-order valence-corrected chi connectivity index (χ3v) is 2.78. The Balaban J connectivity index is 2.29. The van der Waals surface area contributed by atoms with E-state index < -0.39 is 0 Å². The number of anilines is 2. The van der Waals surface area contributed by atoms with Crippen LogP contribution in [-0.2, 0) is 0 Å². The van der Waals surface area contributed by atoms with Crippen LogP contribution in [0.15, 0.2) is 18.2 Å². The van der Waals surface area contributed by atoms with E-state index >= 15 is 0 Å². The van der Waals surface area contributed by atoms with Crippen LogP contribution in [0.1, 0.15) is 5.56 Å². The van der Waals surface area contributed by atoms with Crippen LogP contribution in [0.2, 0.25) is 5.15 Å². The highest BCUT2D eigenvalue weighted by molar-refractivity contribution is 6.99. The molecule has 6 heteroatoms. The van der Waals surface area contributed by atoms with Gasteiger partial charge in [0.1, 0.15) is 5.82 Å². The van der Waals surface area contributed by atoms with Gasteiger partial charge in [-0.25, -0.2) is 4.39 Å². The van der Waals surface area contributed by atoms with Gasteiger partial charge in [0.05, 0.1) is 11.7 Å².